The molecule has 22 heavy (non-hydrogen) atoms. The van der Waals surface area contributed by atoms with Gasteiger partial charge in [0.2, 0.25) is 0 Å². The third kappa shape index (κ3) is 6.05. The largest absolute Gasteiger partial charge is 0.444 e. The highest BCUT2D eigenvalue weighted by atomic mass is 35.5. The summed E-state index contributed by atoms with van der Waals surface area (Å²) in [5, 5.41) is 6.38. The Morgan fingerprint density at radius 2 is 2.09 bits per heavy atom. The number of carbonyl (C=O) groups is 1. The predicted octanol–water partition coefficient (Wildman–Crippen LogP) is 3.33. The molecular formula is C15H23ClN4O2. The number of ether oxygens (including phenoxy) is 1. The Labute approximate surface area is 136 Å². The van der Waals surface area contributed by atoms with Crippen LogP contribution in [0.1, 0.15) is 51.8 Å². The number of hydrogen-bond donors (Lipinski definition) is 2. The summed E-state index contributed by atoms with van der Waals surface area (Å²) in [5.41, 5.74) is -0.473. The Morgan fingerprint density at radius 3 is 2.73 bits per heavy atom. The lowest BCUT2D eigenvalue weighted by molar-refractivity contribution is 0.0528. The minimum Gasteiger partial charge on any atom is -0.444 e. The van der Waals surface area contributed by atoms with Crippen LogP contribution >= 0.6 is 11.6 Å². The molecule has 1 aromatic rings. The molecule has 0 saturated heterocycles. The van der Waals surface area contributed by atoms with Crippen molar-refractivity contribution < 1.29 is 9.53 Å². The number of rotatable bonds is 6. The molecule has 122 valence electrons. The average Bonchev–Trinajstić information content (AvgIpc) is 3.19. The number of alkyl carbamates (subject to hydrolysis) is 1. The molecular weight excluding hydrogens is 304 g/mol. The Hall–Kier alpha value is -1.56. The number of carbonyl (C=O) groups excluding carboxylic acids is 1. The van der Waals surface area contributed by atoms with Crippen molar-refractivity contribution in [1.29, 1.82) is 0 Å². The number of amides is 1. The molecule has 1 aliphatic rings. The second-order valence-corrected chi connectivity index (χ2v) is 6.80. The fourth-order valence-corrected chi connectivity index (χ4v) is 2.05. The van der Waals surface area contributed by atoms with Gasteiger partial charge in [0.05, 0.1) is 0 Å². The highest BCUT2D eigenvalue weighted by Crippen LogP contribution is 2.38. The molecule has 1 saturated carbocycles. The van der Waals surface area contributed by atoms with E-state index in [0.29, 0.717) is 24.2 Å². The summed E-state index contributed by atoms with van der Waals surface area (Å²) in [7, 11) is 0. The van der Waals surface area contributed by atoms with Crippen LogP contribution in [0.2, 0.25) is 5.15 Å². The van der Waals surface area contributed by atoms with E-state index in [1.165, 1.54) is 0 Å². The molecule has 0 atom stereocenters. The van der Waals surface area contributed by atoms with Gasteiger partial charge in [-0.2, -0.15) is 0 Å². The van der Waals surface area contributed by atoms with Gasteiger partial charge in [-0.25, -0.2) is 14.8 Å². The lowest BCUT2D eigenvalue weighted by atomic mass is 10.2. The van der Waals surface area contributed by atoms with Crippen LogP contribution in [-0.2, 0) is 4.74 Å². The normalized spacial score (nSPS) is 14.5. The van der Waals surface area contributed by atoms with E-state index >= 15 is 0 Å². The van der Waals surface area contributed by atoms with Crippen LogP contribution in [0.4, 0.5) is 10.6 Å². The van der Waals surface area contributed by atoms with E-state index in [9.17, 15) is 4.79 Å². The monoisotopic (exact) mass is 326 g/mol. The second-order valence-electron chi connectivity index (χ2n) is 6.42. The van der Waals surface area contributed by atoms with E-state index in [4.69, 9.17) is 16.3 Å². The van der Waals surface area contributed by atoms with Crippen molar-refractivity contribution in [3.63, 3.8) is 0 Å². The van der Waals surface area contributed by atoms with Gasteiger partial charge >= 0.3 is 6.09 Å². The summed E-state index contributed by atoms with van der Waals surface area (Å²) in [6.07, 6.45) is 2.65. The first-order chi connectivity index (χ1) is 10.3. The lowest BCUT2D eigenvalue weighted by Crippen LogP contribution is -2.33. The first-order valence-electron chi connectivity index (χ1n) is 7.59. The maximum atomic E-state index is 11.5. The third-order valence-electron chi connectivity index (χ3n) is 2.98. The van der Waals surface area contributed by atoms with Crippen LogP contribution in [0, 0.1) is 0 Å². The summed E-state index contributed by atoms with van der Waals surface area (Å²) < 4.78 is 5.16. The zero-order valence-electron chi connectivity index (χ0n) is 13.3. The van der Waals surface area contributed by atoms with E-state index in [2.05, 4.69) is 20.6 Å². The number of aromatic nitrogens is 2. The molecule has 1 fully saturated rings. The molecule has 1 aliphatic carbocycles. The Bertz CT molecular complexity index is 527. The van der Waals surface area contributed by atoms with Crippen LogP contribution in [0.3, 0.4) is 0 Å². The molecule has 1 heterocycles. The molecule has 2 rings (SSSR count). The van der Waals surface area contributed by atoms with Crippen molar-refractivity contribution in [3.8, 4) is 0 Å². The SMILES string of the molecule is CC(C)(C)OC(=O)NCCCNc1cc(Cl)nc(C2CC2)n1. The fourth-order valence-electron chi connectivity index (χ4n) is 1.86. The summed E-state index contributed by atoms with van der Waals surface area (Å²) in [4.78, 5) is 20.2. The number of halogens is 1. The Balaban J connectivity index is 1.67. The van der Waals surface area contributed by atoms with Gasteiger partial charge in [0, 0.05) is 25.1 Å². The van der Waals surface area contributed by atoms with Crippen LogP contribution < -0.4 is 10.6 Å². The van der Waals surface area contributed by atoms with E-state index < -0.39 is 11.7 Å². The van der Waals surface area contributed by atoms with Crippen molar-refractivity contribution in [1.82, 2.24) is 15.3 Å². The average molecular weight is 327 g/mol. The molecule has 1 aromatic heterocycles. The first kappa shape index (κ1) is 16.8. The zero-order valence-corrected chi connectivity index (χ0v) is 14.0. The predicted molar refractivity (Wildman–Crippen MR) is 86.4 cm³/mol. The molecule has 7 heteroatoms. The molecule has 1 amide bonds. The molecule has 0 spiro atoms. The van der Waals surface area contributed by atoms with Crippen molar-refractivity contribution in [2.24, 2.45) is 0 Å². The smallest absolute Gasteiger partial charge is 0.407 e. The number of hydrogen-bond acceptors (Lipinski definition) is 5. The van der Waals surface area contributed by atoms with E-state index in [1.54, 1.807) is 6.07 Å². The minimum absolute atomic E-state index is 0.395. The molecule has 2 N–H and O–H groups in total. The Morgan fingerprint density at radius 1 is 1.36 bits per heavy atom. The molecule has 0 radical (unpaired) electrons. The summed E-state index contributed by atoms with van der Waals surface area (Å²) in [6.45, 7) is 6.74. The van der Waals surface area contributed by atoms with Crippen molar-refractivity contribution in [2.45, 2.75) is 51.6 Å². The van der Waals surface area contributed by atoms with Crippen molar-refractivity contribution in [3.05, 3.63) is 17.0 Å². The van der Waals surface area contributed by atoms with Crippen LogP contribution in [0.15, 0.2) is 6.07 Å². The quantitative estimate of drug-likeness (QED) is 0.619. The van der Waals surface area contributed by atoms with Crippen LogP contribution in [-0.4, -0.2) is 34.8 Å². The standard InChI is InChI=1S/C15H23ClN4O2/c1-15(2,3)22-14(21)18-8-4-7-17-12-9-11(16)19-13(20-12)10-5-6-10/h9-10H,4-8H2,1-3H3,(H,18,21)(H,17,19,20). The van der Waals surface area contributed by atoms with E-state index in [0.717, 1.165) is 30.9 Å². The number of nitrogens with zero attached hydrogens (tertiary/aromatic N) is 2. The first-order valence-corrected chi connectivity index (χ1v) is 7.96. The third-order valence-corrected chi connectivity index (χ3v) is 3.18. The maximum Gasteiger partial charge on any atom is 0.407 e. The zero-order chi connectivity index (χ0) is 16.2. The van der Waals surface area contributed by atoms with Gasteiger partial charge in [0.15, 0.2) is 0 Å². The van der Waals surface area contributed by atoms with Gasteiger partial charge in [0.1, 0.15) is 22.4 Å². The minimum atomic E-state index is -0.473. The summed E-state index contributed by atoms with van der Waals surface area (Å²) >= 11 is 6.00. The van der Waals surface area contributed by atoms with Crippen molar-refractivity contribution in [2.75, 3.05) is 18.4 Å². The fraction of sp³-hybridized carbons (Fsp3) is 0.667. The molecule has 6 nitrogen and oxygen atoms in total. The molecule has 0 unspecified atom stereocenters. The lowest BCUT2D eigenvalue weighted by Gasteiger charge is -2.19. The summed E-state index contributed by atoms with van der Waals surface area (Å²) in [6, 6.07) is 1.72. The second kappa shape index (κ2) is 7.13. The van der Waals surface area contributed by atoms with E-state index in [1.807, 2.05) is 20.8 Å². The van der Waals surface area contributed by atoms with Gasteiger partial charge in [-0.05, 0) is 40.0 Å². The molecule has 0 bridgehead atoms. The number of nitrogens with one attached hydrogen (secondary N) is 2. The highest BCUT2D eigenvalue weighted by Gasteiger charge is 2.27. The van der Waals surface area contributed by atoms with Crippen LogP contribution in [0.25, 0.3) is 0 Å². The van der Waals surface area contributed by atoms with Gasteiger partial charge < -0.3 is 15.4 Å². The number of anilines is 1. The van der Waals surface area contributed by atoms with Gasteiger partial charge in [-0.3, -0.25) is 0 Å². The summed E-state index contributed by atoms with van der Waals surface area (Å²) in [5.74, 6) is 2.02. The van der Waals surface area contributed by atoms with Gasteiger partial charge in [-0.1, -0.05) is 11.6 Å². The Kier molecular flexibility index (Phi) is 5.45. The van der Waals surface area contributed by atoms with Gasteiger partial charge in [-0.15, -0.1) is 0 Å². The van der Waals surface area contributed by atoms with Crippen molar-refractivity contribution >= 4 is 23.5 Å². The van der Waals surface area contributed by atoms with E-state index in [-0.39, 0.29) is 0 Å². The molecule has 0 aliphatic heterocycles. The molecule has 0 aromatic carbocycles. The maximum absolute atomic E-state index is 11.5. The highest BCUT2D eigenvalue weighted by molar-refractivity contribution is 6.29. The topological polar surface area (TPSA) is 76.1 Å². The van der Waals surface area contributed by atoms with Gasteiger partial charge in [0.25, 0.3) is 0 Å². The van der Waals surface area contributed by atoms with Crippen LogP contribution in [0.5, 0.6) is 0 Å².